The van der Waals surface area contributed by atoms with Crippen LogP contribution in [0, 0.1) is 16.7 Å². The Bertz CT molecular complexity index is 943. The second-order valence-electron chi connectivity index (χ2n) is 8.78. The number of thioether (sulfide) groups is 1. The monoisotopic (exact) mass is 434 g/mol. The molecule has 1 atom stereocenters. The van der Waals surface area contributed by atoms with Crippen molar-refractivity contribution in [3.05, 3.63) is 48.5 Å². The van der Waals surface area contributed by atoms with E-state index < -0.39 is 0 Å². The van der Waals surface area contributed by atoms with Gasteiger partial charge in [-0.25, -0.2) is 0 Å². The molecule has 0 aromatic heterocycles. The van der Waals surface area contributed by atoms with E-state index in [4.69, 9.17) is 5.26 Å². The molecule has 4 rings (SSSR count). The Kier molecular flexibility index (Phi) is 6.84. The summed E-state index contributed by atoms with van der Waals surface area (Å²) in [6, 6.07) is 19.1. The molecule has 2 aromatic carbocycles. The van der Waals surface area contributed by atoms with Gasteiger partial charge in [-0.1, -0.05) is 37.3 Å². The number of piperazine rings is 1. The average Bonchev–Trinajstić information content (AvgIpc) is 3.54. The van der Waals surface area contributed by atoms with Crippen molar-refractivity contribution in [3.63, 3.8) is 0 Å². The van der Waals surface area contributed by atoms with Crippen LogP contribution in [-0.2, 0) is 4.79 Å². The largest absolute Gasteiger partial charge is 0.369 e. The number of nitriles is 1. The van der Waals surface area contributed by atoms with Gasteiger partial charge < -0.3 is 15.5 Å². The van der Waals surface area contributed by atoms with Gasteiger partial charge in [-0.3, -0.25) is 4.79 Å². The molecule has 162 valence electrons. The van der Waals surface area contributed by atoms with Crippen LogP contribution in [-0.4, -0.2) is 43.9 Å². The molecule has 2 N–H and O–H groups in total. The first kappa shape index (κ1) is 21.7. The van der Waals surface area contributed by atoms with Gasteiger partial charge in [0.15, 0.2) is 0 Å². The quantitative estimate of drug-likeness (QED) is 0.485. The Morgan fingerprint density at radius 1 is 1.19 bits per heavy atom. The zero-order valence-electron chi connectivity index (χ0n) is 18.1. The van der Waals surface area contributed by atoms with Crippen molar-refractivity contribution < 1.29 is 4.79 Å². The molecule has 1 heterocycles. The van der Waals surface area contributed by atoms with E-state index >= 15 is 0 Å². The molecule has 0 spiro atoms. The van der Waals surface area contributed by atoms with Crippen molar-refractivity contribution in [3.8, 4) is 17.2 Å². The van der Waals surface area contributed by atoms with E-state index in [0.717, 1.165) is 48.6 Å². The summed E-state index contributed by atoms with van der Waals surface area (Å²) in [6.07, 6.45) is 3.18. The Balaban J connectivity index is 1.54. The average molecular weight is 435 g/mol. The van der Waals surface area contributed by atoms with Crippen molar-refractivity contribution in [1.82, 2.24) is 10.6 Å². The smallest absolute Gasteiger partial charge is 0.234 e. The van der Waals surface area contributed by atoms with Crippen molar-refractivity contribution in [2.75, 3.05) is 37.6 Å². The third-order valence-electron chi connectivity index (χ3n) is 6.23. The Hall–Kier alpha value is -2.49. The lowest BCUT2D eigenvalue weighted by molar-refractivity contribution is -0.120. The molecule has 1 unspecified atom stereocenters. The van der Waals surface area contributed by atoms with Crippen LogP contribution in [0.4, 0.5) is 5.69 Å². The summed E-state index contributed by atoms with van der Waals surface area (Å²) < 4.78 is 0. The summed E-state index contributed by atoms with van der Waals surface area (Å²) in [4.78, 5) is 16.3. The van der Waals surface area contributed by atoms with Crippen LogP contribution in [0.2, 0.25) is 0 Å². The molecular weight excluding hydrogens is 404 g/mol. The van der Waals surface area contributed by atoms with Crippen LogP contribution in [0.15, 0.2) is 53.4 Å². The number of nitrogens with zero attached hydrogens (tertiary/aromatic N) is 2. The van der Waals surface area contributed by atoms with Gasteiger partial charge in [-0.2, -0.15) is 5.26 Å². The molecule has 0 bridgehead atoms. The maximum atomic E-state index is 12.8. The zero-order chi connectivity index (χ0) is 21.7. The maximum Gasteiger partial charge on any atom is 0.234 e. The van der Waals surface area contributed by atoms with Gasteiger partial charge in [0.1, 0.15) is 6.54 Å². The number of nitrogens with one attached hydrogen (secondary N) is 2. The number of hydrogen-bond donors (Lipinski definition) is 2. The molecule has 2 aliphatic rings. The topological polar surface area (TPSA) is 68.2 Å². The lowest BCUT2D eigenvalue weighted by Gasteiger charge is -2.29. The van der Waals surface area contributed by atoms with E-state index in [1.54, 1.807) is 11.8 Å². The van der Waals surface area contributed by atoms with Crippen molar-refractivity contribution >= 4 is 23.4 Å². The maximum absolute atomic E-state index is 12.8. The lowest BCUT2D eigenvalue weighted by atomic mass is 10.0. The number of carbonyl (C=O) groups is 1. The number of rotatable bonds is 8. The SMILES string of the molecule is CC1(CC(Sc2ccccc2-c2ccc(N3CCNCC3)cc2)C(=O)NCC#N)CC1. The van der Waals surface area contributed by atoms with Crippen molar-refractivity contribution in [2.24, 2.45) is 5.41 Å². The van der Waals surface area contributed by atoms with E-state index in [9.17, 15) is 4.79 Å². The zero-order valence-corrected chi connectivity index (χ0v) is 18.9. The van der Waals surface area contributed by atoms with E-state index in [2.05, 4.69) is 64.9 Å². The predicted molar refractivity (Wildman–Crippen MR) is 127 cm³/mol. The third kappa shape index (κ3) is 5.61. The summed E-state index contributed by atoms with van der Waals surface area (Å²) in [5, 5.41) is 14.8. The van der Waals surface area contributed by atoms with Gasteiger partial charge in [0.05, 0.1) is 11.3 Å². The molecule has 2 fully saturated rings. The Labute approximate surface area is 189 Å². The molecule has 0 radical (unpaired) electrons. The minimum Gasteiger partial charge on any atom is -0.369 e. The van der Waals surface area contributed by atoms with Gasteiger partial charge in [0, 0.05) is 36.8 Å². The van der Waals surface area contributed by atoms with Crippen molar-refractivity contribution in [2.45, 2.75) is 36.3 Å². The molecular formula is C25H30N4OS. The Morgan fingerprint density at radius 2 is 1.90 bits per heavy atom. The lowest BCUT2D eigenvalue weighted by Crippen LogP contribution is -2.43. The summed E-state index contributed by atoms with van der Waals surface area (Å²) in [5.74, 6) is -0.0384. The molecule has 1 aliphatic heterocycles. The van der Waals surface area contributed by atoms with Crippen LogP contribution in [0.1, 0.15) is 26.2 Å². The molecule has 1 aliphatic carbocycles. The van der Waals surface area contributed by atoms with Crippen LogP contribution < -0.4 is 15.5 Å². The fraction of sp³-hybridized carbons (Fsp3) is 0.440. The number of amides is 1. The fourth-order valence-electron chi connectivity index (χ4n) is 4.03. The van der Waals surface area contributed by atoms with Gasteiger partial charge >= 0.3 is 0 Å². The van der Waals surface area contributed by atoms with E-state index in [1.807, 2.05) is 12.1 Å². The fourth-order valence-corrected chi connectivity index (χ4v) is 5.48. The molecule has 6 heteroatoms. The minimum absolute atomic E-state index is 0.0384. The summed E-state index contributed by atoms with van der Waals surface area (Å²) in [7, 11) is 0. The first-order valence-electron chi connectivity index (χ1n) is 11.0. The molecule has 1 saturated heterocycles. The first-order valence-corrected chi connectivity index (χ1v) is 11.9. The van der Waals surface area contributed by atoms with Gasteiger partial charge in [0.25, 0.3) is 0 Å². The third-order valence-corrected chi connectivity index (χ3v) is 7.51. The summed E-state index contributed by atoms with van der Waals surface area (Å²) >= 11 is 1.63. The second kappa shape index (κ2) is 9.76. The molecule has 1 amide bonds. The number of anilines is 1. The summed E-state index contributed by atoms with van der Waals surface area (Å²) in [6.45, 7) is 6.42. The van der Waals surface area contributed by atoms with E-state index in [1.165, 1.54) is 18.5 Å². The van der Waals surface area contributed by atoms with Crippen LogP contribution in [0.3, 0.4) is 0 Å². The predicted octanol–water partition coefficient (Wildman–Crippen LogP) is 4.05. The van der Waals surface area contributed by atoms with Gasteiger partial charge in [0.2, 0.25) is 5.91 Å². The number of hydrogen-bond acceptors (Lipinski definition) is 5. The minimum atomic E-state index is -0.192. The summed E-state index contributed by atoms with van der Waals surface area (Å²) in [5.41, 5.74) is 3.82. The van der Waals surface area contributed by atoms with Gasteiger partial charge in [-0.15, -0.1) is 11.8 Å². The normalized spacial score (nSPS) is 18.1. The molecule has 5 nitrogen and oxygen atoms in total. The number of carbonyl (C=O) groups excluding carboxylic acids is 1. The molecule has 2 aromatic rings. The molecule has 1 saturated carbocycles. The highest BCUT2D eigenvalue weighted by molar-refractivity contribution is 8.00. The second-order valence-corrected chi connectivity index (χ2v) is 10.0. The highest BCUT2D eigenvalue weighted by Crippen LogP contribution is 2.51. The highest BCUT2D eigenvalue weighted by Gasteiger charge is 2.41. The van der Waals surface area contributed by atoms with Gasteiger partial charge in [-0.05, 0) is 54.0 Å². The van der Waals surface area contributed by atoms with Crippen molar-refractivity contribution in [1.29, 1.82) is 5.26 Å². The number of benzene rings is 2. The standard InChI is InChI=1S/C25H30N4OS/c1-25(10-11-25)18-23(24(30)28-13-12-26)31-22-5-3-2-4-21(22)19-6-8-20(9-7-19)29-16-14-27-15-17-29/h2-9,23,27H,10-11,13-18H2,1H3,(H,28,30). The van der Waals surface area contributed by atoms with Crippen LogP contribution in [0.5, 0.6) is 0 Å². The van der Waals surface area contributed by atoms with Crippen LogP contribution in [0.25, 0.3) is 11.1 Å². The molecule has 31 heavy (non-hydrogen) atoms. The van der Waals surface area contributed by atoms with E-state index in [-0.39, 0.29) is 23.1 Å². The van der Waals surface area contributed by atoms with E-state index in [0.29, 0.717) is 0 Å². The first-order chi connectivity index (χ1) is 15.1. The highest BCUT2D eigenvalue weighted by atomic mass is 32.2. The van der Waals surface area contributed by atoms with Crippen LogP contribution >= 0.6 is 11.8 Å². The Morgan fingerprint density at radius 3 is 2.58 bits per heavy atom.